The van der Waals surface area contributed by atoms with Crippen molar-refractivity contribution in [3.8, 4) is 0 Å². The van der Waals surface area contributed by atoms with Crippen molar-refractivity contribution in [1.82, 2.24) is 10.2 Å². The van der Waals surface area contributed by atoms with Crippen molar-refractivity contribution in [3.63, 3.8) is 0 Å². The molecule has 1 fully saturated rings. The van der Waals surface area contributed by atoms with Crippen LogP contribution >= 0.6 is 0 Å². The smallest absolute Gasteiger partial charge is 0.0204 e. The van der Waals surface area contributed by atoms with Gasteiger partial charge in [0, 0.05) is 25.2 Å². The lowest BCUT2D eigenvalue weighted by Gasteiger charge is -2.24. The number of nitrogens with one attached hydrogen (secondary N) is 1. The largest absolute Gasteiger partial charge is 0.316 e. The first-order valence-electron chi connectivity index (χ1n) is 5.69. The Morgan fingerprint density at radius 3 is 2.85 bits per heavy atom. The Morgan fingerprint density at radius 2 is 2.31 bits per heavy atom. The van der Waals surface area contributed by atoms with E-state index in [0.29, 0.717) is 0 Å². The highest BCUT2D eigenvalue weighted by molar-refractivity contribution is 4.82. The van der Waals surface area contributed by atoms with Gasteiger partial charge in [0.1, 0.15) is 0 Å². The minimum absolute atomic E-state index is 0.740. The average Bonchev–Trinajstić information content (AvgIpc) is 2.62. The van der Waals surface area contributed by atoms with E-state index in [4.69, 9.17) is 0 Å². The summed E-state index contributed by atoms with van der Waals surface area (Å²) in [6, 6.07) is 1.53. The van der Waals surface area contributed by atoms with Gasteiger partial charge in [-0.2, -0.15) is 0 Å². The number of nitrogens with zero attached hydrogens (tertiary/aromatic N) is 1. The van der Waals surface area contributed by atoms with Gasteiger partial charge in [-0.25, -0.2) is 0 Å². The molecule has 0 aromatic rings. The molecule has 0 aromatic carbocycles. The van der Waals surface area contributed by atoms with E-state index in [1.54, 1.807) is 0 Å². The van der Waals surface area contributed by atoms with Gasteiger partial charge < -0.3 is 5.32 Å². The molecule has 1 N–H and O–H groups in total. The summed E-state index contributed by atoms with van der Waals surface area (Å²) in [4.78, 5) is 2.62. The zero-order chi connectivity index (χ0) is 9.68. The molecule has 1 rings (SSSR count). The van der Waals surface area contributed by atoms with Crippen LogP contribution in [0, 0.1) is 0 Å². The highest BCUT2D eigenvalue weighted by atomic mass is 15.2. The van der Waals surface area contributed by atoms with Crippen molar-refractivity contribution in [2.24, 2.45) is 0 Å². The predicted molar refractivity (Wildman–Crippen MR) is 58.0 cm³/mol. The third-order valence-corrected chi connectivity index (χ3v) is 3.23. The van der Waals surface area contributed by atoms with Crippen LogP contribution in [0.2, 0.25) is 0 Å². The van der Waals surface area contributed by atoms with E-state index in [1.165, 1.54) is 38.8 Å². The van der Waals surface area contributed by atoms with E-state index in [0.717, 1.165) is 12.1 Å². The second kappa shape index (κ2) is 5.61. The van der Waals surface area contributed by atoms with Crippen molar-refractivity contribution in [2.45, 2.75) is 51.6 Å². The summed E-state index contributed by atoms with van der Waals surface area (Å²) >= 11 is 0. The van der Waals surface area contributed by atoms with Gasteiger partial charge in [0.2, 0.25) is 0 Å². The second-order valence-corrected chi connectivity index (χ2v) is 4.26. The highest BCUT2D eigenvalue weighted by Crippen LogP contribution is 2.15. The molecule has 0 bridgehead atoms. The molecule has 0 radical (unpaired) electrons. The van der Waals surface area contributed by atoms with Gasteiger partial charge in [0.25, 0.3) is 0 Å². The Morgan fingerprint density at radius 1 is 1.54 bits per heavy atom. The van der Waals surface area contributed by atoms with Crippen LogP contribution in [-0.2, 0) is 0 Å². The first-order chi connectivity index (χ1) is 6.27. The summed E-state index contributed by atoms with van der Waals surface area (Å²) in [7, 11) is 2.07. The zero-order valence-electron chi connectivity index (χ0n) is 9.34. The molecule has 2 heteroatoms. The summed E-state index contributed by atoms with van der Waals surface area (Å²) in [6.07, 6.45) is 5.40. The maximum atomic E-state index is 3.36. The van der Waals surface area contributed by atoms with E-state index in [1.807, 2.05) is 0 Å². The third kappa shape index (κ3) is 3.28. The number of likely N-dealkylation sites (tertiary alicyclic amines) is 1. The molecule has 2 atom stereocenters. The molecule has 0 spiro atoms. The lowest BCUT2D eigenvalue weighted by molar-refractivity contribution is 0.238. The highest BCUT2D eigenvalue weighted by Gasteiger charge is 2.24. The minimum atomic E-state index is 0.740. The molecule has 0 saturated carbocycles. The molecule has 1 aliphatic rings. The van der Waals surface area contributed by atoms with Crippen molar-refractivity contribution >= 4 is 0 Å². The van der Waals surface area contributed by atoms with E-state index < -0.39 is 0 Å². The number of rotatable bonds is 5. The van der Waals surface area contributed by atoms with Gasteiger partial charge in [-0.15, -0.1) is 0 Å². The fourth-order valence-corrected chi connectivity index (χ4v) is 2.11. The Kier molecular flexibility index (Phi) is 4.74. The summed E-state index contributed by atoms with van der Waals surface area (Å²) in [5.41, 5.74) is 0. The maximum Gasteiger partial charge on any atom is 0.0204 e. The zero-order valence-corrected chi connectivity index (χ0v) is 9.34. The van der Waals surface area contributed by atoms with Crippen molar-refractivity contribution in [3.05, 3.63) is 0 Å². The molecule has 78 valence electrons. The number of unbranched alkanes of at least 4 members (excludes halogenated alkanes) is 1. The van der Waals surface area contributed by atoms with Crippen LogP contribution in [0.3, 0.4) is 0 Å². The third-order valence-electron chi connectivity index (χ3n) is 3.23. The molecule has 0 aliphatic carbocycles. The molecule has 13 heavy (non-hydrogen) atoms. The lowest BCUT2D eigenvalue weighted by Crippen LogP contribution is -2.34. The van der Waals surface area contributed by atoms with Gasteiger partial charge in [0.15, 0.2) is 0 Å². The van der Waals surface area contributed by atoms with Crippen LogP contribution in [-0.4, -0.2) is 37.1 Å². The second-order valence-electron chi connectivity index (χ2n) is 4.26. The van der Waals surface area contributed by atoms with Gasteiger partial charge in [-0.3, -0.25) is 4.90 Å². The Hall–Kier alpha value is -0.0800. The molecule has 1 saturated heterocycles. The summed E-state index contributed by atoms with van der Waals surface area (Å²) in [6.45, 7) is 7.18. The van der Waals surface area contributed by atoms with Gasteiger partial charge in [-0.05, 0) is 26.8 Å². The van der Waals surface area contributed by atoms with E-state index in [2.05, 4.69) is 31.1 Å². The van der Waals surface area contributed by atoms with Crippen LogP contribution in [0.5, 0.6) is 0 Å². The summed E-state index contributed by atoms with van der Waals surface area (Å²) in [5, 5.41) is 3.36. The summed E-state index contributed by atoms with van der Waals surface area (Å²) in [5.74, 6) is 0. The molecular weight excluding hydrogens is 160 g/mol. The molecule has 1 heterocycles. The van der Waals surface area contributed by atoms with Crippen molar-refractivity contribution < 1.29 is 0 Å². The Balaban J connectivity index is 2.20. The van der Waals surface area contributed by atoms with Crippen LogP contribution < -0.4 is 5.32 Å². The molecule has 0 amide bonds. The molecule has 1 aliphatic heterocycles. The topological polar surface area (TPSA) is 15.3 Å². The van der Waals surface area contributed by atoms with Gasteiger partial charge in [-0.1, -0.05) is 19.8 Å². The monoisotopic (exact) mass is 184 g/mol. The van der Waals surface area contributed by atoms with Crippen LogP contribution in [0.1, 0.15) is 39.5 Å². The predicted octanol–water partition coefficient (Wildman–Crippen LogP) is 1.86. The van der Waals surface area contributed by atoms with Crippen molar-refractivity contribution in [2.75, 3.05) is 20.1 Å². The van der Waals surface area contributed by atoms with Crippen molar-refractivity contribution in [1.29, 1.82) is 0 Å². The fraction of sp³-hybridized carbons (Fsp3) is 1.00. The Bertz CT molecular complexity index is 136. The van der Waals surface area contributed by atoms with Crippen LogP contribution in [0.4, 0.5) is 0 Å². The molecule has 0 aromatic heterocycles. The first-order valence-corrected chi connectivity index (χ1v) is 5.69. The van der Waals surface area contributed by atoms with Crippen LogP contribution in [0.15, 0.2) is 0 Å². The van der Waals surface area contributed by atoms with Crippen LogP contribution in [0.25, 0.3) is 0 Å². The fourth-order valence-electron chi connectivity index (χ4n) is 2.11. The normalized spacial score (nSPS) is 26.5. The molecular formula is C11H24N2. The number of likely N-dealkylation sites (N-methyl/N-ethyl adjacent to an activating group) is 1. The maximum absolute atomic E-state index is 3.36. The lowest BCUT2D eigenvalue weighted by atomic mass is 10.1. The van der Waals surface area contributed by atoms with Gasteiger partial charge in [0.05, 0.1) is 0 Å². The van der Waals surface area contributed by atoms with E-state index in [-0.39, 0.29) is 0 Å². The molecule has 2 unspecified atom stereocenters. The quantitative estimate of drug-likeness (QED) is 0.701. The Labute approximate surface area is 82.7 Å². The summed E-state index contributed by atoms with van der Waals surface area (Å²) < 4.78 is 0. The van der Waals surface area contributed by atoms with Gasteiger partial charge >= 0.3 is 0 Å². The standard InChI is InChI=1S/C11H24N2/c1-4-5-6-10(2)13-8-7-11(9-13)12-3/h10-12H,4-9H2,1-3H3. The average molecular weight is 184 g/mol. The SMILES string of the molecule is CCCCC(C)N1CCC(NC)C1. The van der Waals surface area contributed by atoms with E-state index >= 15 is 0 Å². The first kappa shape index (κ1) is 11.0. The minimum Gasteiger partial charge on any atom is -0.316 e. The van der Waals surface area contributed by atoms with E-state index in [9.17, 15) is 0 Å². The number of hydrogen-bond donors (Lipinski definition) is 1. The number of hydrogen-bond acceptors (Lipinski definition) is 2. The molecule has 2 nitrogen and oxygen atoms in total.